The number of aromatic nitrogens is 2. The highest BCUT2D eigenvalue weighted by atomic mass is 16.1. The predicted molar refractivity (Wildman–Crippen MR) is 69.9 cm³/mol. The summed E-state index contributed by atoms with van der Waals surface area (Å²) in [7, 11) is 0. The van der Waals surface area contributed by atoms with Crippen molar-refractivity contribution in [1.82, 2.24) is 14.7 Å². The Kier molecular flexibility index (Phi) is 3.11. The van der Waals surface area contributed by atoms with Gasteiger partial charge < -0.3 is 9.72 Å². The minimum Gasteiger partial charge on any atom is -0.317 e. The van der Waals surface area contributed by atoms with E-state index in [0.29, 0.717) is 11.6 Å². The second kappa shape index (κ2) is 4.90. The summed E-state index contributed by atoms with van der Waals surface area (Å²) < 4.78 is 2.05. The number of hydrogen-bond acceptors (Lipinski definition) is 3. The zero-order valence-corrected chi connectivity index (χ0v) is 10.3. The number of carbonyl (C=O) groups excluding carboxylic acids is 1. The van der Waals surface area contributed by atoms with Crippen LogP contribution in [0, 0.1) is 5.92 Å². The smallest absolute Gasteiger partial charge is 0.170 e. The second-order valence-corrected chi connectivity index (χ2v) is 4.88. The molecule has 94 valence electrons. The van der Waals surface area contributed by atoms with E-state index in [1.165, 1.54) is 12.8 Å². The minimum atomic E-state index is 0.555. The van der Waals surface area contributed by atoms with Gasteiger partial charge in [-0.05, 0) is 44.0 Å². The van der Waals surface area contributed by atoms with E-state index >= 15 is 0 Å². The third-order valence-corrected chi connectivity index (χ3v) is 3.69. The fourth-order valence-electron chi connectivity index (χ4n) is 2.70. The lowest BCUT2D eigenvalue weighted by Gasteiger charge is -2.21. The van der Waals surface area contributed by atoms with Gasteiger partial charge in [-0.1, -0.05) is 6.07 Å². The molecule has 1 aliphatic rings. The third kappa shape index (κ3) is 2.04. The van der Waals surface area contributed by atoms with Crippen LogP contribution >= 0.6 is 0 Å². The van der Waals surface area contributed by atoms with Crippen molar-refractivity contribution in [3.63, 3.8) is 0 Å². The average molecular weight is 243 g/mol. The lowest BCUT2D eigenvalue weighted by Crippen LogP contribution is -2.29. The van der Waals surface area contributed by atoms with Crippen LogP contribution in [-0.2, 0) is 6.42 Å². The van der Waals surface area contributed by atoms with Crippen molar-refractivity contribution in [2.75, 3.05) is 13.1 Å². The second-order valence-electron chi connectivity index (χ2n) is 4.88. The summed E-state index contributed by atoms with van der Waals surface area (Å²) in [5, 5.41) is 3.37. The number of imidazole rings is 1. The topological polar surface area (TPSA) is 46.4 Å². The highest BCUT2D eigenvalue weighted by Crippen LogP contribution is 2.19. The van der Waals surface area contributed by atoms with Crippen LogP contribution in [0.25, 0.3) is 5.52 Å². The number of rotatable bonds is 3. The van der Waals surface area contributed by atoms with Gasteiger partial charge in [0.05, 0.1) is 5.52 Å². The molecule has 0 bridgehead atoms. The zero-order chi connectivity index (χ0) is 12.4. The molecule has 3 heterocycles. The summed E-state index contributed by atoms with van der Waals surface area (Å²) in [5.74, 6) is 1.69. The van der Waals surface area contributed by atoms with Gasteiger partial charge in [0, 0.05) is 12.6 Å². The molecule has 2 aromatic heterocycles. The van der Waals surface area contributed by atoms with E-state index < -0.39 is 0 Å². The molecule has 1 N–H and O–H groups in total. The first kappa shape index (κ1) is 11.4. The van der Waals surface area contributed by atoms with Gasteiger partial charge in [0.2, 0.25) is 0 Å². The summed E-state index contributed by atoms with van der Waals surface area (Å²) >= 11 is 0. The van der Waals surface area contributed by atoms with Gasteiger partial charge in [0.1, 0.15) is 11.5 Å². The molecule has 0 unspecified atom stereocenters. The summed E-state index contributed by atoms with van der Waals surface area (Å²) in [6.45, 7) is 2.18. The predicted octanol–water partition coefficient (Wildman–Crippen LogP) is 1.69. The number of pyridine rings is 1. The molecule has 0 spiro atoms. The fraction of sp³-hybridized carbons (Fsp3) is 0.429. The molecule has 0 aliphatic carbocycles. The highest BCUT2D eigenvalue weighted by molar-refractivity contribution is 5.83. The first-order valence-corrected chi connectivity index (χ1v) is 6.50. The summed E-state index contributed by atoms with van der Waals surface area (Å²) in [6, 6.07) is 5.87. The number of nitrogens with one attached hydrogen (secondary N) is 1. The van der Waals surface area contributed by atoms with Crippen molar-refractivity contribution < 1.29 is 4.79 Å². The minimum absolute atomic E-state index is 0.555. The Labute approximate surface area is 106 Å². The highest BCUT2D eigenvalue weighted by Gasteiger charge is 2.17. The van der Waals surface area contributed by atoms with Gasteiger partial charge in [0.15, 0.2) is 6.29 Å². The van der Waals surface area contributed by atoms with Gasteiger partial charge in [-0.15, -0.1) is 0 Å². The van der Waals surface area contributed by atoms with Crippen LogP contribution in [0.15, 0.2) is 24.4 Å². The van der Waals surface area contributed by atoms with Crippen LogP contribution in [0.2, 0.25) is 0 Å². The first-order valence-electron chi connectivity index (χ1n) is 6.50. The van der Waals surface area contributed by atoms with E-state index in [-0.39, 0.29) is 0 Å². The Balaban J connectivity index is 1.93. The summed E-state index contributed by atoms with van der Waals surface area (Å²) in [6.07, 6.45) is 6.18. The van der Waals surface area contributed by atoms with Crippen molar-refractivity contribution >= 4 is 11.8 Å². The van der Waals surface area contributed by atoms with E-state index in [0.717, 1.165) is 37.1 Å². The van der Waals surface area contributed by atoms with Crippen molar-refractivity contribution in [3.05, 3.63) is 35.9 Å². The van der Waals surface area contributed by atoms with Crippen LogP contribution in [0.3, 0.4) is 0 Å². The maximum absolute atomic E-state index is 11.0. The Morgan fingerprint density at radius 3 is 3.00 bits per heavy atom. The van der Waals surface area contributed by atoms with Crippen LogP contribution in [0.4, 0.5) is 0 Å². The molecule has 0 atom stereocenters. The van der Waals surface area contributed by atoms with E-state index in [9.17, 15) is 4.79 Å². The van der Waals surface area contributed by atoms with Crippen molar-refractivity contribution in [3.8, 4) is 0 Å². The molecule has 1 fully saturated rings. The molecule has 0 saturated carbocycles. The maximum atomic E-state index is 11.0. The van der Waals surface area contributed by atoms with E-state index in [1.807, 2.05) is 28.8 Å². The van der Waals surface area contributed by atoms with Crippen molar-refractivity contribution in [2.24, 2.45) is 5.92 Å². The molecular formula is C14H17N3O. The quantitative estimate of drug-likeness (QED) is 0.834. The monoisotopic (exact) mass is 243 g/mol. The zero-order valence-electron chi connectivity index (χ0n) is 10.3. The number of hydrogen-bond donors (Lipinski definition) is 1. The van der Waals surface area contributed by atoms with Gasteiger partial charge in [-0.2, -0.15) is 0 Å². The number of carbonyl (C=O) groups is 1. The van der Waals surface area contributed by atoms with Crippen LogP contribution < -0.4 is 5.32 Å². The summed E-state index contributed by atoms with van der Waals surface area (Å²) in [5.41, 5.74) is 1.47. The van der Waals surface area contributed by atoms with Gasteiger partial charge in [-0.3, -0.25) is 4.79 Å². The molecule has 1 aliphatic heterocycles. The van der Waals surface area contributed by atoms with E-state index in [4.69, 9.17) is 0 Å². The Morgan fingerprint density at radius 1 is 1.39 bits per heavy atom. The maximum Gasteiger partial charge on any atom is 0.170 e. The van der Waals surface area contributed by atoms with E-state index in [1.54, 1.807) is 0 Å². The molecular weight excluding hydrogens is 226 g/mol. The number of aldehydes is 1. The molecule has 4 nitrogen and oxygen atoms in total. The molecule has 0 amide bonds. The first-order chi connectivity index (χ1) is 8.88. The molecule has 1 saturated heterocycles. The van der Waals surface area contributed by atoms with E-state index in [2.05, 4.69) is 10.3 Å². The largest absolute Gasteiger partial charge is 0.317 e. The van der Waals surface area contributed by atoms with Gasteiger partial charge in [-0.25, -0.2) is 4.98 Å². The standard InChI is InChI=1S/C14H17N3O/c18-10-12-13-3-1-2-8-17(13)14(16-12)9-11-4-6-15-7-5-11/h1-3,8,10-11,15H,4-7,9H2. The lowest BCUT2D eigenvalue weighted by atomic mass is 9.94. The SMILES string of the molecule is O=Cc1nc(CC2CCNCC2)n2ccccc12. The average Bonchev–Trinajstić information content (AvgIpc) is 2.78. The number of nitrogens with zero attached hydrogens (tertiary/aromatic N) is 2. The normalized spacial score (nSPS) is 17.1. The molecule has 3 rings (SSSR count). The molecule has 18 heavy (non-hydrogen) atoms. The third-order valence-electron chi connectivity index (χ3n) is 3.69. The Morgan fingerprint density at radius 2 is 2.22 bits per heavy atom. The Bertz CT molecular complexity index is 555. The van der Waals surface area contributed by atoms with Crippen LogP contribution in [0.5, 0.6) is 0 Å². The van der Waals surface area contributed by atoms with Gasteiger partial charge >= 0.3 is 0 Å². The summed E-state index contributed by atoms with van der Waals surface area (Å²) in [4.78, 5) is 15.5. The Hall–Kier alpha value is -1.68. The van der Waals surface area contributed by atoms with Crippen LogP contribution in [0.1, 0.15) is 29.2 Å². The molecule has 4 heteroatoms. The van der Waals surface area contributed by atoms with Crippen LogP contribution in [-0.4, -0.2) is 28.8 Å². The van der Waals surface area contributed by atoms with Crippen molar-refractivity contribution in [2.45, 2.75) is 19.3 Å². The molecule has 0 aromatic carbocycles. The molecule has 0 radical (unpaired) electrons. The number of piperidine rings is 1. The van der Waals surface area contributed by atoms with Gasteiger partial charge in [0.25, 0.3) is 0 Å². The fourth-order valence-corrected chi connectivity index (χ4v) is 2.70. The number of fused-ring (bicyclic) bond motifs is 1. The lowest BCUT2D eigenvalue weighted by molar-refractivity contribution is 0.112. The molecule has 2 aromatic rings. The van der Waals surface area contributed by atoms with Crippen molar-refractivity contribution in [1.29, 1.82) is 0 Å².